The van der Waals surface area contributed by atoms with E-state index < -0.39 is 0 Å². The minimum Gasteiger partial charge on any atom is -0.473 e. The van der Waals surface area contributed by atoms with Gasteiger partial charge < -0.3 is 15.4 Å². The summed E-state index contributed by atoms with van der Waals surface area (Å²) in [5.74, 6) is 0.746. The molecule has 2 aromatic carbocycles. The molecule has 2 N–H and O–H groups in total. The van der Waals surface area contributed by atoms with Crippen molar-refractivity contribution in [1.29, 1.82) is 0 Å². The zero-order valence-electron chi connectivity index (χ0n) is 13.1. The quantitative estimate of drug-likeness (QED) is 0.710. The van der Waals surface area contributed by atoms with E-state index in [4.69, 9.17) is 4.74 Å². The summed E-state index contributed by atoms with van der Waals surface area (Å²) in [6.45, 7) is 2.74. The minimum absolute atomic E-state index is 0.134. The third kappa shape index (κ3) is 5.94. The van der Waals surface area contributed by atoms with Gasteiger partial charge in [-0.25, -0.2) is 4.79 Å². The number of ether oxygens (including phenoxy) is 1. The Morgan fingerprint density at radius 2 is 1.83 bits per heavy atom. The van der Waals surface area contributed by atoms with E-state index in [1.54, 1.807) is 0 Å². The Labute approximate surface area is 145 Å². The average Bonchev–Trinajstić information content (AvgIpc) is 2.56. The van der Waals surface area contributed by atoms with Crippen LogP contribution in [0.4, 0.5) is 4.79 Å². The molecule has 0 radical (unpaired) electrons. The van der Waals surface area contributed by atoms with E-state index in [0.717, 1.165) is 28.6 Å². The highest BCUT2D eigenvalue weighted by Gasteiger charge is 2.03. The second-order valence-corrected chi connectivity index (χ2v) is 5.99. The van der Waals surface area contributed by atoms with Gasteiger partial charge in [0.2, 0.25) is 0 Å². The normalized spacial score (nSPS) is 10.2. The fraction of sp³-hybridized carbons (Fsp3) is 0.278. The highest BCUT2D eigenvalue weighted by molar-refractivity contribution is 9.10. The summed E-state index contributed by atoms with van der Waals surface area (Å²) < 4.78 is 6.48. The summed E-state index contributed by atoms with van der Waals surface area (Å²) in [4.78, 5) is 11.7. The number of nitrogens with one attached hydrogen (secondary N) is 2. The average molecular weight is 377 g/mol. The van der Waals surface area contributed by atoms with Gasteiger partial charge >= 0.3 is 6.03 Å². The van der Waals surface area contributed by atoms with E-state index in [1.807, 2.05) is 48.5 Å². The van der Waals surface area contributed by atoms with Crippen LogP contribution in [-0.2, 0) is 13.0 Å². The monoisotopic (exact) mass is 376 g/mol. The first-order valence-corrected chi connectivity index (χ1v) is 8.45. The Morgan fingerprint density at radius 3 is 2.52 bits per heavy atom. The molecule has 0 saturated heterocycles. The maximum Gasteiger partial charge on any atom is 0.317 e. The summed E-state index contributed by atoms with van der Waals surface area (Å²) in [7, 11) is 0. The number of rotatable bonds is 7. The van der Waals surface area contributed by atoms with Crippen molar-refractivity contribution in [3.63, 3.8) is 0 Å². The van der Waals surface area contributed by atoms with Gasteiger partial charge in [0.15, 0.2) is 6.73 Å². The third-order valence-electron chi connectivity index (χ3n) is 3.33. The van der Waals surface area contributed by atoms with Gasteiger partial charge in [-0.15, -0.1) is 0 Å². The zero-order valence-corrected chi connectivity index (χ0v) is 14.7. The predicted molar refractivity (Wildman–Crippen MR) is 95.4 cm³/mol. The smallest absolute Gasteiger partial charge is 0.317 e. The van der Waals surface area contributed by atoms with Crippen LogP contribution in [0.15, 0.2) is 53.0 Å². The van der Waals surface area contributed by atoms with Crippen molar-refractivity contribution in [2.24, 2.45) is 0 Å². The number of hydrogen-bond donors (Lipinski definition) is 2. The zero-order chi connectivity index (χ0) is 16.5. The van der Waals surface area contributed by atoms with Crippen molar-refractivity contribution in [1.82, 2.24) is 10.6 Å². The van der Waals surface area contributed by atoms with Crippen LogP contribution in [0.1, 0.15) is 24.5 Å². The van der Waals surface area contributed by atoms with E-state index >= 15 is 0 Å². The van der Waals surface area contributed by atoms with Crippen LogP contribution in [0, 0.1) is 0 Å². The van der Waals surface area contributed by atoms with Crippen LogP contribution in [0.3, 0.4) is 0 Å². The Bertz CT molecular complexity index is 629. The van der Waals surface area contributed by atoms with Crippen molar-refractivity contribution in [3.8, 4) is 5.75 Å². The third-order valence-corrected chi connectivity index (χ3v) is 4.10. The van der Waals surface area contributed by atoms with Crippen LogP contribution >= 0.6 is 15.9 Å². The molecule has 0 atom stereocenters. The van der Waals surface area contributed by atoms with Crippen molar-refractivity contribution >= 4 is 22.0 Å². The standard InChI is InChI=1S/C18H21BrN2O2/c1-2-5-14-8-10-16(11-9-14)23-13-21-18(22)20-12-15-6-3-4-7-17(15)19/h3-4,6-11H,2,5,12-13H2,1H3,(H2,20,21,22). The Balaban J connectivity index is 1.69. The van der Waals surface area contributed by atoms with Crippen LogP contribution in [0.2, 0.25) is 0 Å². The molecule has 0 fully saturated rings. The van der Waals surface area contributed by atoms with Gasteiger partial charge in [-0.3, -0.25) is 0 Å². The summed E-state index contributed by atoms with van der Waals surface area (Å²) >= 11 is 3.45. The summed E-state index contributed by atoms with van der Waals surface area (Å²) in [5.41, 5.74) is 2.31. The molecule has 0 aliphatic rings. The van der Waals surface area contributed by atoms with Gasteiger partial charge in [-0.05, 0) is 35.7 Å². The molecule has 2 rings (SSSR count). The molecule has 0 saturated carbocycles. The fourth-order valence-corrected chi connectivity index (χ4v) is 2.53. The molecule has 0 aliphatic carbocycles. The van der Waals surface area contributed by atoms with Crippen LogP contribution in [0.25, 0.3) is 0 Å². The number of urea groups is 1. The summed E-state index contributed by atoms with van der Waals surface area (Å²) in [5, 5.41) is 5.46. The van der Waals surface area contributed by atoms with Crippen molar-refractivity contribution in [2.75, 3.05) is 6.73 Å². The number of amides is 2. The van der Waals surface area contributed by atoms with Crippen molar-refractivity contribution in [3.05, 3.63) is 64.1 Å². The van der Waals surface area contributed by atoms with Gasteiger partial charge in [0.25, 0.3) is 0 Å². The molecule has 5 heteroatoms. The maximum atomic E-state index is 11.7. The number of benzene rings is 2. The highest BCUT2D eigenvalue weighted by atomic mass is 79.9. The van der Waals surface area contributed by atoms with E-state index in [1.165, 1.54) is 5.56 Å². The molecule has 0 bridgehead atoms. The molecule has 0 spiro atoms. The van der Waals surface area contributed by atoms with Gasteiger partial charge in [0.1, 0.15) is 5.75 Å². The van der Waals surface area contributed by atoms with Gasteiger partial charge in [-0.2, -0.15) is 0 Å². The molecule has 0 heterocycles. The number of hydrogen-bond acceptors (Lipinski definition) is 2. The van der Waals surface area contributed by atoms with E-state index in [0.29, 0.717) is 6.54 Å². The first kappa shape index (κ1) is 17.3. The molecule has 2 aromatic rings. The van der Waals surface area contributed by atoms with E-state index in [2.05, 4.69) is 33.5 Å². The molecular formula is C18H21BrN2O2. The van der Waals surface area contributed by atoms with Crippen LogP contribution in [0.5, 0.6) is 5.75 Å². The molecular weight excluding hydrogens is 356 g/mol. The van der Waals surface area contributed by atoms with Crippen molar-refractivity contribution < 1.29 is 9.53 Å². The lowest BCUT2D eigenvalue weighted by Crippen LogP contribution is -2.37. The lowest BCUT2D eigenvalue weighted by molar-refractivity contribution is 0.223. The molecule has 23 heavy (non-hydrogen) atoms. The predicted octanol–water partition coefficient (Wildman–Crippen LogP) is 4.24. The van der Waals surface area contributed by atoms with Crippen LogP contribution in [-0.4, -0.2) is 12.8 Å². The maximum absolute atomic E-state index is 11.7. The lowest BCUT2D eigenvalue weighted by atomic mass is 10.1. The Morgan fingerprint density at radius 1 is 1.09 bits per heavy atom. The second-order valence-electron chi connectivity index (χ2n) is 5.13. The van der Waals surface area contributed by atoms with Gasteiger partial charge in [-0.1, -0.05) is 59.6 Å². The first-order chi connectivity index (χ1) is 11.2. The fourth-order valence-electron chi connectivity index (χ4n) is 2.11. The summed E-state index contributed by atoms with van der Waals surface area (Å²) in [6, 6.07) is 15.5. The molecule has 0 aliphatic heterocycles. The number of carbonyl (C=O) groups excluding carboxylic acids is 1. The second kappa shape index (κ2) is 9.20. The van der Waals surface area contributed by atoms with E-state index in [-0.39, 0.29) is 12.8 Å². The Hall–Kier alpha value is -2.01. The number of aryl methyl sites for hydroxylation is 1. The number of halogens is 1. The SMILES string of the molecule is CCCc1ccc(OCNC(=O)NCc2ccccc2Br)cc1. The van der Waals surface area contributed by atoms with Gasteiger partial charge in [0, 0.05) is 11.0 Å². The number of carbonyl (C=O) groups is 1. The van der Waals surface area contributed by atoms with Crippen molar-refractivity contribution in [2.45, 2.75) is 26.3 Å². The molecule has 4 nitrogen and oxygen atoms in total. The molecule has 0 unspecified atom stereocenters. The summed E-state index contributed by atoms with van der Waals surface area (Å²) in [6.07, 6.45) is 2.19. The topological polar surface area (TPSA) is 50.4 Å². The molecule has 2 amide bonds. The lowest BCUT2D eigenvalue weighted by Gasteiger charge is -2.10. The van der Waals surface area contributed by atoms with Gasteiger partial charge in [0.05, 0.1) is 0 Å². The first-order valence-electron chi connectivity index (χ1n) is 7.66. The largest absolute Gasteiger partial charge is 0.473 e. The Kier molecular flexibility index (Phi) is 6.94. The van der Waals surface area contributed by atoms with Crippen LogP contribution < -0.4 is 15.4 Å². The molecule has 122 valence electrons. The highest BCUT2D eigenvalue weighted by Crippen LogP contribution is 2.15. The molecule has 0 aromatic heterocycles. The minimum atomic E-state index is -0.261. The van der Waals surface area contributed by atoms with E-state index in [9.17, 15) is 4.79 Å².